The minimum atomic E-state index is -0.417. The van der Waals surface area contributed by atoms with Crippen molar-refractivity contribution < 1.29 is 9.18 Å². The van der Waals surface area contributed by atoms with Crippen LogP contribution in [0.3, 0.4) is 0 Å². The van der Waals surface area contributed by atoms with Crippen LogP contribution in [-0.2, 0) is 0 Å². The van der Waals surface area contributed by atoms with E-state index in [9.17, 15) is 9.18 Å². The van der Waals surface area contributed by atoms with Crippen LogP contribution in [0.5, 0.6) is 0 Å². The highest BCUT2D eigenvalue weighted by Crippen LogP contribution is 2.21. The minimum absolute atomic E-state index is 0.174. The van der Waals surface area contributed by atoms with Crippen LogP contribution in [0, 0.1) is 5.82 Å². The van der Waals surface area contributed by atoms with Gasteiger partial charge in [0.2, 0.25) is 0 Å². The molecule has 0 aliphatic heterocycles. The summed E-state index contributed by atoms with van der Waals surface area (Å²) >= 11 is 6.39. The van der Waals surface area contributed by atoms with Crippen LogP contribution in [0.15, 0.2) is 22.7 Å². The van der Waals surface area contributed by atoms with Gasteiger partial charge in [-0.15, -0.1) is 0 Å². The summed E-state index contributed by atoms with van der Waals surface area (Å²) in [5.74, 6) is -0.591. The number of rotatable bonds is 4. The van der Waals surface area contributed by atoms with Gasteiger partial charge in [-0.25, -0.2) is 4.39 Å². The molecule has 1 amide bonds. The topological polar surface area (TPSA) is 20.3 Å². The summed E-state index contributed by atoms with van der Waals surface area (Å²) in [5, 5.41) is 0.842. The van der Waals surface area contributed by atoms with Gasteiger partial charge in [-0.1, -0.05) is 22.0 Å². The van der Waals surface area contributed by atoms with Gasteiger partial charge in [0.05, 0.1) is 10.0 Å². The van der Waals surface area contributed by atoms with Crippen molar-refractivity contribution in [3.8, 4) is 0 Å². The maximum atomic E-state index is 13.2. The summed E-state index contributed by atoms with van der Waals surface area (Å²) in [5.41, 5.74) is 0.358. The zero-order valence-electron chi connectivity index (χ0n) is 8.84. The van der Waals surface area contributed by atoms with Crippen LogP contribution >= 0.6 is 31.9 Å². The molecule has 0 spiro atoms. The number of carbonyl (C=O) groups excluding carboxylic acids is 1. The third-order valence-corrected chi connectivity index (χ3v) is 3.52. The van der Waals surface area contributed by atoms with E-state index in [1.807, 2.05) is 0 Å². The van der Waals surface area contributed by atoms with E-state index in [1.165, 1.54) is 12.1 Å². The molecule has 0 atom stereocenters. The van der Waals surface area contributed by atoms with Gasteiger partial charge in [0, 0.05) is 18.9 Å². The van der Waals surface area contributed by atoms with Crippen molar-refractivity contribution >= 4 is 37.8 Å². The number of alkyl halides is 1. The zero-order chi connectivity index (χ0) is 12.1. The predicted molar refractivity (Wildman–Crippen MR) is 69.5 cm³/mol. The Morgan fingerprint density at radius 2 is 2.19 bits per heavy atom. The Balaban J connectivity index is 2.84. The number of amides is 1. The first-order chi connectivity index (χ1) is 7.57. The molecule has 88 valence electrons. The number of nitrogens with zero attached hydrogens (tertiary/aromatic N) is 1. The molecule has 0 aliphatic rings. The van der Waals surface area contributed by atoms with E-state index >= 15 is 0 Å². The van der Waals surface area contributed by atoms with Gasteiger partial charge in [0.1, 0.15) is 5.82 Å². The van der Waals surface area contributed by atoms with Crippen molar-refractivity contribution in [2.24, 2.45) is 0 Å². The Morgan fingerprint density at radius 3 is 2.81 bits per heavy atom. The summed E-state index contributed by atoms with van der Waals surface area (Å²) in [7, 11) is 1.71. The van der Waals surface area contributed by atoms with Crippen molar-refractivity contribution in [3.05, 3.63) is 34.1 Å². The maximum absolute atomic E-state index is 13.2. The number of hydrogen-bond acceptors (Lipinski definition) is 1. The second-order valence-corrected chi connectivity index (χ2v) is 4.96. The van der Waals surface area contributed by atoms with Crippen LogP contribution in [0.4, 0.5) is 4.39 Å². The smallest absolute Gasteiger partial charge is 0.254 e. The Kier molecular flexibility index (Phi) is 5.41. The Bertz CT molecular complexity index is 384. The molecule has 2 nitrogen and oxygen atoms in total. The van der Waals surface area contributed by atoms with Crippen molar-refractivity contribution in [3.63, 3.8) is 0 Å². The molecule has 0 fully saturated rings. The second kappa shape index (κ2) is 6.35. The molecule has 1 rings (SSSR count). The fraction of sp³-hybridized carbons (Fsp3) is 0.364. The number of carbonyl (C=O) groups is 1. The molecular weight excluding hydrogens is 341 g/mol. The third-order valence-electron chi connectivity index (χ3n) is 2.16. The standard InChI is InChI=1S/C11H12Br2FNO/c1-15(7-3-6-12)11(16)8-4-2-5-9(14)10(8)13/h2,4-5H,3,6-7H2,1H3. The van der Waals surface area contributed by atoms with Gasteiger partial charge >= 0.3 is 0 Å². The molecule has 1 aromatic rings. The highest BCUT2D eigenvalue weighted by Gasteiger charge is 2.16. The molecule has 0 N–H and O–H groups in total. The van der Waals surface area contributed by atoms with E-state index in [2.05, 4.69) is 31.9 Å². The summed E-state index contributed by atoms with van der Waals surface area (Å²) in [4.78, 5) is 13.5. The average molecular weight is 353 g/mol. The second-order valence-electron chi connectivity index (χ2n) is 3.37. The van der Waals surface area contributed by atoms with Gasteiger partial charge in [-0.2, -0.15) is 0 Å². The van der Waals surface area contributed by atoms with Gasteiger partial charge in [-0.3, -0.25) is 4.79 Å². The molecule has 0 aromatic heterocycles. The largest absolute Gasteiger partial charge is 0.342 e. The minimum Gasteiger partial charge on any atom is -0.342 e. The van der Waals surface area contributed by atoms with Gasteiger partial charge in [-0.05, 0) is 34.5 Å². The van der Waals surface area contributed by atoms with E-state index in [4.69, 9.17) is 0 Å². The lowest BCUT2D eigenvalue weighted by molar-refractivity contribution is 0.0794. The van der Waals surface area contributed by atoms with Crippen LogP contribution in [0.1, 0.15) is 16.8 Å². The monoisotopic (exact) mass is 351 g/mol. The maximum Gasteiger partial charge on any atom is 0.254 e. The zero-order valence-corrected chi connectivity index (χ0v) is 12.0. The highest BCUT2D eigenvalue weighted by molar-refractivity contribution is 9.10. The fourth-order valence-electron chi connectivity index (χ4n) is 1.27. The highest BCUT2D eigenvalue weighted by atomic mass is 79.9. The van der Waals surface area contributed by atoms with E-state index in [-0.39, 0.29) is 10.4 Å². The van der Waals surface area contributed by atoms with Crippen LogP contribution in [0.2, 0.25) is 0 Å². The average Bonchev–Trinajstić information content (AvgIpc) is 2.28. The summed E-state index contributed by atoms with van der Waals surface area (Å²) < 4.78 is 13.5. The fourth-order valence-corrected chi connectivity index (χ4v) is 1.96. The van der Waals surface area contributed by atoms with Gasteiger partial charge in [0.25, 0.3) is 5.91 Å². The molecule has 0 heterocycles. The molecule has 0 saturated heterocycles. The van der Waals surface area contributed by atoms with E-state index in [0.29, 0.717) is 12.1 Å². The molecule has 0 unspecified atom stereocenters. The first-order valence-electron chi connectivity index (χ1n) is 4.83. The Labute approximate surface area is 111 Å². The molecule has 0 aliphatic carbocycles. The first kappa shape index (κ1) is 13.6. The van der Waals surface area contributed by atoms with Crippen molar-refractivity contribution in [2.75, 3.05) is 18.9 Å². The van der Waals surface area contributed by atoms with Crippen molar-refractivity contribution in [2.45, 2.75) is 6.42 Å². The van der Waals surface area contributed by atoms with Crippen LogP contribution in [0.25, 0.3) is 0 Å². The lowest BCUT2D eigenvalue weighted by atomic mass is 10.2. The Hall–Kier alpha value is -0.420. The Morgan fingerprint density at radius 1 is 1.50 bits per heavy atom. The molecule has 5 heteroatoms. The summed E-state index contributed by atoms with van der Waals surface area (Å²) in [6.45, 7) is 0.646. The van der Waals surface area contributed by atoms with E-state index in [0.717, 1.165) is 11.8 Å². The van der Waals surface area contributed by atoms with Gasteiger partial charge < -0.3 is 4.90 Å². The molecule has 0 radical (unpaired) electrons. The number of benzene rings is 1. The molecule has 1 aromatic carbocycles. The number of halogens is 3. The molecular formula is C11H12Br2FNO. The number of hydrogen-bond donors (Lipinski definition) is 0. The van der Waals surface area contributed by atoms with Crippen LogP contribution in [-0.4, -0.2) is 29.7 Å². The summed E-state index contributed by atoms with van der Waals surface area (Å²) in [6.07, 6.45) is 0.870. The van der Waals surface area contributed by atoms with Crippen LogP contribution < -0.4 is 0 Å². The lowest BCUT2D eigenvalue weighted by Gasteiger charge is -2.17. The van der Waals surface area contributed by atoms with Crippen molar-refractivity contribution in [1.29, 1.82) is 0 Å². The normalized spacial score (nSPS) is 10.2. The summed E-state index contributed by atoms with van der Waals surface area (Å²) in [6, 6.07) is 4.46. The molecule has 16 heavy (non-hydrogen) atoms. The predicted octanol–water partition coefficient (Wildman–Crippen LogP) is 3.45. The quantitative estimate of drug-likeness (QED) is 0.760. The lowest BCUT2D eigenvalue weighted by Crippen LogP contribution is -2.28. The third kappa shape index (κ3) is 3.28. The van der Waals surface area contributed by atoms with Crippen molar-refractivity contribution in [1.82, 2.24) is 4.90 Å². The molecule has 0 saturated carbocycles. The van der Waals surface area contributed by atoms with E-state index in [1.54, 1.807) is 18.0 Å². The first-order valence-corrected chi connectivity index (χ1v) is 6.74. The molecule has 0 bridgehead atoms. The SMILES string of the molecule is CN(CCCBr)C(=O)c1cccc(F)c1Br. The van der Waals surface area contributed by atoms with E-state index < -0.39 is 5.82 Å². The van der Waals surface area contributed by atoms with Gasteiger partial charge in [0.15, 0.2) is 0 Å².